The summed E-state index contributed by atoms with van der Waals surface area (Å²) >= 11 is 2.83. The minimum Gasteiger partial charge on any atom is -0.466 e. The Morgan fingerprint density at radius 1 is 1.26 bits per heavy atom. The van der Waals surface area contributed by atoms with Crippen LogP contribution < -0.4 is 5.32 Å². The number of nitrogens with one attached hydrogen (secondary N) is 1. The van der Waals surface area contributed by atoms with Gasteiger partial charge in [-0.15, -0.1) is 11.3 Å². The molecular formula is C20H26N2O3S2. The molecule has 0 fully saturated rings. The summed E-state index contributed by atoms with van der Waals surface area (Å²) in [4.78, 5) is 28.6. The molecule has 2 rings (SSSR count). The van der Waals surface area contributed by atoms with Crippen molar-refractivity contribution in [2.45, 2.75) is 56.0 Å². The SMILES string of the molecule is CCOC(=O)Cc1csc(S[C@H](C)C(=O)Nc2ccccc2[C@H](C)CC)n1. The van der Waals surface area contributed by atoms with Crippen LogP contribution in [0.5, 0.6) is 0 Å². The molecule has 0 radical (unpaired) electrons. The van der Waals surface area contributed by atoms with Gasteiger partial charge in [-0.05, 0) is 37.8 Å². The Labute approximate surface area is 168 Å². The van der Waals surface area contributed by atoms with Gasteiger partial charge in [0.1, 0.15) is 0 Å². The first-order chi connectivity index (χ1) is 12.9. The van der Waals surface area contributed by atoms with Crippen LogP contribution >= 0.6 is 23.1 Å². The Hall–Kier alpha value is -1.86. The molecule has 2 atom stereocenters. The molecule has 1 aromatic heterocycles. The average molecular weight is 407 g/mol. The second-order valence-corrected chi connectivity index (χ2v) is 8.68. The fourth-order valence-corrected chi connectivity index (χ4v) is 4.46. The van der Waals surface area contributed by atoms with Crippen molar-refractivity contribution in [1.82, 2.24) is 4.98 Å². The van der Waals surface area contributed by atoms with Crippen LogP contribution in [0.1, 0.15) is 51.3 Å². The van der Waals surface area contributed by atoms with Gasteiger partial charge < -0.3 is 10.1 Å². The van der Waals surface area contributed by atoms with E-state index in [0.717, 1.165) is 22.0 Å². The molecule has 0 saturated heterocycles. The first-order valence-electron chi connectivity index (χ1n) is 9.11. The van der Waals surface area contributed by atoms with E-state index < -0.39 is 0 Å². The summed E-state index contributed by atoms with van der Waals surface area (Å²) in [6, 6.07) is 7.93. The van der Waals surface area contributed by atoms with Crippen LogP contribution in [-0.4, -0.2) is 28.7 Å². The topological polar surface area (TPSA) is 68.3 Å². The Kier molecular flexibility index (Phi) is 8.31. The lowest BCUT2D eigenvalue weighted by atomic mass is 9.97. The molecule has 0 aliphatic heterocycles. The van der Waals surface area contributed by atoms with Crippen LogP contribution in [0, 0.1) is 0 Å². The highest BCUT2D eigenvalue weighted by Gasteiger charge is 2.19. The van der Waals surface area contributed by atoms with E-state index in [1.54, 1.807) is 6.92 Å². The van der Waals surface area contributed by atoms with E-state index in [1.807, 2.05) is 30.5 Å². The number of anilines is 1. The van der Waals surface area contributed by atoms with E-state index in [1.165, 1.54) is 23.1 Å². The van der Waals surface area contributed by atoms with Gasteiger partial charge in [-0.25, -0.2) is 4.98 Å². The van der Waals surface area contributed by atoms with E-state index in [9.17, 15) is 9.59 Å². The average Bonchev–Trinajstić information content (AvgIpc) is 3.08. The summed E-state index contributed by atoms with van der Waals surface area (Å²) in [6.07, 6.45) is 1.17. The van der Waals surface area contributed by atoms with E-state index in [-0.39, 0.29) is 23.5 Å². The van der Waals surface area contributed by atoms with Crippen LogP contribution in [0.3, 0.4) is 0 Å². The zero-order valence-corrected chi connectivity index (χ0v) is 17.8. The molecule has 1 aromatic carbocycles. The lowest BCUT2D eigenvalue weighted by Gasteiger charge is -2.17. The maximum Gasteiger partial charge on any atom is 0.311 e. The summed E-state index contributed by atoms with van der Waals surface area (Å²) in [5, 5.41) is 4.59. The molecule has 27 heavy (non-hydrogen) atoms. The second kappa shape index (κ2) is 10.5. The zero-order valence-electron chi connectivity index (χ0n) is 16.2. The Morgan fingerprint density at radius 3 is 2.70 bits per heavy atom. The van der Waals surface area contributed by atoms with Crippen molar-refractivity contribution in [3.8, 4) is 0 Å². The monoisotopic (exact) mass is 406 g/mol. The van der Waals surface area contributed by atoms with Crippen LogP contribution in [0.25, 0.3) is 0 Å². The smallest absolute Gasteiger partial charge is 0.311 e. The van der Waals surface area contributed by atoms with Gasteiger partial charge in [-0.2, -0.15) is 0 Å². The number of carbonyl (C=O) groups excluding carboxylic acids is 2. The third-order valence-electron chi connectivity index (χ3n) is 4.17. The van der Waals surface area contributed by atoms with Gasteiger partial charge in [0.05, 0.1) is 24.0 Å². The van der Waals surface area contributed by atoms with Crippen molar-refractivity contribution in [2.75, 3.05) is 11.9 Å². The van der Waals surface area contributed by atoms with Crippen LogP contribution in [0.4, 0.5) is 5.69 Å². The van der Waals surface area contributed by atoms with Gasteiger partial charge in [0, 0.05) is 11.1 Å². The first kappa shape index (κ1) is 21.4. The maximum absolute atomic E-state index is 12.6. The molecular weight excluding hydrogens is 380 g/mol. The van der Waals surface area contributed by atoms with Gasteiger partial charge in [0.25, 0.3) is 0 Å². The third-order valence-corrected chi connectivity index (χ3v) is 6.29. The Balaban J connectivity index is 1.97. The minimum atomic E-state index is -0.295. The number of para-hydroxylation sites is 1. The molecule has 0 aliphatic rings. The van der Waals surface area contributed by atoms with Gasteiger partial charge in [-0.1, -0.05) is 43.8 Å². The molecule has 1 N–H and O–H groups in total. The van der Waals surface area contributed by atoms with Gasteiger partial charge in [0.2, 0.25) is 5.91 Å². The number of aromatic nitrogens is 1. The van der Waals surface area contributed by atoms with Crippen molar-refractivity contribution in [2.24, 2.45) is 0 Å². The summed E-state index contributed by atoms with van der Waals surface area (Å²) in [5.41, 5.74) is 2.69. The van der Waals surface area contributed by atoms with Gasteiger partial charge >= 0.3 is 5.97 Å². The number of benzene rings is 1. The van der Waals surface area contributed by atoms with E-state index in [0.29, 0.717) is 18.2 Å². The predicted octanol–water partition coefficient (Wildman–Crippen LogP) is 4.88. The standard InChI is InChI=1S/C20H26N2O3S2/c1-5-13(3)16-9-7-8-10-17(16)22-19(24)14(4)27-20-21-15(12-26-20)11-18(23)25-6-2/h7-10,12-14H,5-6,11H2,1-4H3,(H,22,24)/t13-,14-/m1/s1. The van der Waals surface area contributed by atoms with E-state index in [2.05, 4.69) is 30.2 Å². The number of hydrogen-bond acceptors (Lipinski definition) is 6. The molecule has 2 aromatic rings. The van der Waals surface area contributed by atoms with Crippen LogP contribution in [0.15, 0.2) is 34.0 Å². The van der Waals surface area contributed by atoms with Crippen LogP contribution in [-0.2, 0) is 20.7 Å². The molecule has 146 valence electrons. The van der Waals surface area contributed by atoms with Crippen molar-refractivity contribution in [3.63, 3.8) is 0 Å². The molecule has 7 heteroatoms. The summed E-state index contributed by atoms with van der Waals surface area (Å²) in [7, 11) is 0. The molecule has 1 heterocycles. The van der Waals surface area contributed by atoms with Crippen molar-refractivity contribution < 1.29 is 14.3 Å². The molecule has 5 nitrogen and oxygen atoms in total. The molecule has 0 bridgehead atoms. The second-order valence-electron chi connectivity index (χ2n) is 6.23. The number of ether oxygens (including phenoxy) is 1. The first-order valence-corrected chi connectivity index (χ1v) is 10.9. The number of amides is 1. The van der Waals surface area contributed by atoms with Crippen molar-refractivity contribution >= 4 is 40.7 Å². The normalized spacial score (nSPS) is 13.0. The third kappa shape index (κ3) is 6.36. The van der Waals surface area contributed by atoms with Crippen LogP contribution in [0.2, 0.25) is 0 Å². The fourth-order valence-electron chi connectivity index (χ4n) is 2.48. The number of esters is 1. The molecule has 0 aliphatic carbocycles. The summed E-state index contributed by atoms with van der Waals surface area (Å²) in [6.45, 7) is 8.29. The van der Waals surface area contributed by atoms with Crippen molar-refractivity contribution in [3.05, 3.63) is 40.9 Å². The van der Waals surface area contributed by atoms with Gasteiger partial charge in [-0.3, -0.25) is 9.59 Å². The van der Waals surface area contributed by atoms with Crippen molar-refractivity contribution in [1.29, 1.82) is 0 Å². The molecule has 1 amide bonds. The predicted molar refractivity (Wildman–Crippen MR) is 112 cm³/mol. The minimum absolute atomic E-state index is 0.0575. The maximum atomic E-state index is 12.6. The largest absolute Gasteiger partial charge is 0.466 e. The highest BCUT2D eigenvalue weighted by molar-refractivity contribution is 8.02. The lowest BCUT2D eigenvalue weighted by Crippen LogP contribution is -2.23. The summed E-state index contributed by atoms with van der Waals surface area (Å²) in [5.74, 6) is 0.0403. The number of hydrogen-bond donors (Lipinski definition) is 1. The highest BCUT2D eigenvalue weighted by atomic mass is 32.2. The molecule has 0 unspecified atom stereocenters. The zero-order chi connectivity index (χ0) is 19.8. The Bertz CT molecular complexity index is 776. The van der Waals surface area contributed by atoms with E-state index in [4.69, 9.17) is 4.74 Å². The fraction of sp³-hybridized carbons (Fsp3) is 0.450. The number of carbonyl (C=O) groups is 2. The van der Waals surface area contributed by atoms with E-state index >= 15 is 0 Å². The lowest BCUT2D eigenvalue weighted by molar-refractivity contribution is -0.142. The molecule has 0 spiro atoms. The number of nitrogens with zero attached hydrogens (tertiary/aromatic N) is 1. The highest BCUT2D eigenvalue weighted by Crippen LogP contribution is 2.30. The summed E-state index contributed by atoms with van der Waals surface area (Å²) < 4.78 is 5.71. The molecule has 0 saturated carbocycles. The number of thioether (sulfide) groups is 1. The van der Waals surface area contributed by atoms with Gasteiger partial charge in [0.15, 0.2) is 4.34 Å². The number of thiazole rings is 1. The number of rotatable bonds is 9. The quantitative estimate of drug-likeness (QED) is 0.475. The Morgan fingerprint density at radius 2 is 2.00 bits per heavy atom.